The molecule has 0 amide bonds. The van der Waals surface area contributed by atoms with Gasteiger partial charge in [0.15, 0.2) is 0 Å². The van der Waals surface area contributed by atoms with Crippen LogP contribution in [0.5, 0.6) is 0 Å². The number of halogens is 2. The zero-order chi connectivity index (χ0) is 28.8. The summed E-state index contributed by atoms with van der Waals surface area (Å²) in [6, 6.07) is 21.6. The monoisotopic (exact) mass is 774 g/mol. The third-order valence-electron chi connectivity index (χ3n) is 8.26. The van der Waals surface area contributed by atoms with Crippen LogP contribution in [0.1, 0.15) is 141 Å². The Bertz CT molecular complexity index is 775. The minimum Gasteiger partial charge on any atom is -0.223 e. The molecule has 4 heteroatoms. The van der Waals surface area contributed by atoms with Crippen molar-refractivity contribution in [2.24, 2.45) is 0 Å². The van der Waals surface area contributed by atoms with Crippen LogP contribution in [-0.2, 0) is 21.0 Å². The van der Waals surface area contributed by atoms with E-state index in [0.717, 1.165) is 34.5 Å². The highest BCUT2D eigenvalue weighted by molar-refractivity contribution is 14.1. The lowest BCUT2D eigenvalue weighted by atomic mass is 9.89. The van der Waals surface area contributed by atoms with Crippen LogP contribution < -0.4 is 0 Å². The molecule has 0 aliphatic rings. The summed E-state index contributed by atoms with van der Waals surface area (Å²) in [6.45, 7) is 4.57. The van der Waals surface area contributed by atoms with Crippen molar-refractivity contribution in [1.29, 1.82) is 0 Å². The molecule has 2 unspecified atom stereocenters. The van der Waals surface area contributed by atoms with E-state index in [1.165, 1.54) is 101 Å². The number of hydrogen-bond acceptors (Lipinski definition) is 2. The molecule has 0 bridgehead atoms. The fraction of sp³-hybridized carbons (Fsp3) is 0.667. The first-order valence-corrected chi connectivity index (χ1v) is 19.3. The average Bonchev–Trinajstić information content (AvgIpc) is 3.01. The minimum atomic E-state index is -0.435. The average molecular weight is 775 g/mol. The number of alkyl halides is 2. The van der Waals surface area contributed by atoms with Crippen LogP contribution in [0, 0.1) is 0 Å². The van der Waals surface area contributed by atoms with Crippen molar-refractivity contribution in [3.05, 3.63) is 71.8 Å². The molecule has 226 valence electrons. The summed E-state index contributed by atoms with van der Waals surface area (Å²) < 4.78 is 1.74. The van der Waals surface area contributed by atoms with Crippen LogP contribution in [0.2, 0.25) is 0 Å². The smallest absolute Gasteiger partial charge is 0.137 e. The van der Waals surface area contributed by atoms with Gasteiger partial charge in [-0.1, -0.05) is 222 Å². The summed E-state index contributed by atoms with van der Waals surface area (Å²) in [4.78, 5) is 13.5. The standard InChI is InChI=1S/C36H56I2O2/c1-3-5-7-9-11-13-15-23-29-35(31-37,33-25-19-17-20-26-33)39-40-36(32-38,34-27-21-18-22-28-34)30-24-16-14-12-10-8-6-4-2/h17-22,25-28H,3-16,23-24,29-32H2,1-2H3. The number of benzene rings is 2. The predicted octanol–water partition coefficient (Wildman–Crippen LogP) is 12.7. The third kappa shape index (κ3) is 13.0. The molecule has 0 heterocycles. The molecule has 40 heavy (non-hydrogen) atoms. The van der Waals surface area contributed by atoms with Gasteiger partial charge >= 0.3 is 0 Å². The molecule has 0 N–H and O–H groups in total. The fourth-order valence-electron chi connectivity index (χ4n) is 5.53. The van der Waals surface area contributed by atoms with Crippen molar-refractivity contribution in [2.45, 2.75) is 141 Å². The first-order chi connectivity index (χ1) is 19.7. The van der Waals surface area contributed by atoms with Crippen LogP contribution in [0.25, 0.3) is 0 Å². The molecule has 0 fully saturated rings. The number of rotatable bonds is 25. The second kappa shape index (κ2) is 22.4. The molecule has 2 nitrogen and oxygen atoms in total. The Morgan fingerprint density at radius 1 is 0.450 bits per heavy atom. The molecule has 0 saturated heterocycles. The molecule has 2 rings (SSSR count). The Kier molecular flexibility index (Phi) is 20.1. The van der Waals surface area contributed by atoms with Gasteiger partial charge < -0.3 is 0 Å². The molecule has 0 spiro atoms. The van der Waals surface area contributed by atoms with Gasteiger partial charge in [-0.3, -0.25) is 0 Å². The van der Waals surface area contributed by atoms with E-state index in [1.807, 2.05) is 0 Å². The Labute approximate surface area is 274 Å². The van der Waals surface area contributed by atoms with E-state index in [-0.39, 0.29) is 0 Å². The first kappa shape index (κ1) is 36.0. The minimum absolute atomic E-state index is 0.435. The van der Waals surface area contributed by atoms with Gasteiger partial charge in [0.2, 0.25) is 0 Å². The lowest BCUT2D eigenvalue weighted by Crippen LogP contribution is -2.39. The summed E-state index contributed by atoms with van der Waals surface area (Å²) in [7, 11) is 0. The van der Waals surface area contributed by atoms with Gasteiger partial charge in [0.05, 0.1) is 0 Å². The Morgan fingerprint density at radius 2 is 0.750 bits per heavy atom. The van der Waals surface area contributed by atoms with Crippen LogP contribution in [0.15, 0.2) is 60.7 Å². The van der Waals surface area contributed by atoms with Crippen molar-refractivity contribution in [3.8, 4) is 0 Å². The van der Waals surface area contributed by atoms with Gasteiger partial charge in [0.25, 0.3) is 0 Å². The summed E-state index contributed by atoms with van der Waals surface area (Å²) in [5.41, 5.74) is 1.59. The molecule has 0 radical (unpaired) electrons. The number of unbranched alkanes of at least 4 members (excludes halogenated alkanes) is 14. The van der Waals surface area contributed by atoms with Crippen molar-refractivity contribution in [2.75, 3.05) is 8.86 Å². The highest BCUT2D eigenvalue weighted by atomic mass is 127. The van der Waals surface area contributed by atoms with Gasteiger partial charge in [-0.15, -0.1) is 0 Å². The lowest BCUT2D eigenvalue weighted by molar-refractivity contribution is -0.416. The summed E-state index contributed by atoms with van der Waals surface area (Å²) in [5, 5.41) is 0. The Hall–Kier alpha value is -0.180. The van der Waals surface area contributed by atoms with Crippen molar-refractivity contribution in [1.82, 2.24) is 0 Å². The van der Waals surface area contributed by atoms with Crippen molar-refractivity contribution in [3.63, 3.8) is 0 Å². The lowest BCUT2D eigenvalue weighted by Gasteiger charge is -2.38. The van der Waals surface area contributed by atoms with Crippen LogP contribution >= 0.6 is 45.2 Å². The van der Waals surface area contributed by atoms with Crippen molar-refractivity contribution >= 4 is 45.2 Å². The Morgan fingerprint density at radius 3 is 1.05 bits per heavy atom. The van der Waals surface area contributed by atoms with Crippen molar-refractivity contribution < 1.29 is 9.78 Å². The second-order valence-corrected chi connectivity index (χ2v) is 13.1. The van der Waals surface area contributed by atoms with E-state index in [9.17, 15) is 0 Å². The van der Waals surface area contributed by atoms with Gasteiger partial charge in [0, 0.05) is 8.86 Å². The van der Waals surface area contributed by atoms with E-state index in [1.54, 1.807) is 0 Å². The SMILES string of the molecule is CCCCCCCCCCC(CI)(OOC(CI)(CCCCCCCCCC)c1ccccc1)c1ccccc1. The zero-order valence-corrected chi connectivity index (χ0v) is 29.8. The molecular weight excluding hydrogens is 718 g/mol. The summed E-state index contributed by atoms with van der Waals surface area (Å²) >= 11 is 5.03. The third-order valence-corrected chi connectivity index (χ3v) is 10.7. The van der Waals surface area contributed by atoms with Gasteiger partial charge in [-0.25, -0.2) is 9.78 Å². The quantitative estimate of drug-likeness (QED) is 0.0329. The predicted molar refractivity (Wildman–Crippen MR) is 191 cm³/mol. The molecule has 2 aromatic carbocycles. The van der Waals surface area contributed by atoms with Gasteiger partial charge in [-0.2, -0.15) is 0 Å². The normalized spacial score (nSPS) is 14.6. The van der Waals surface area contributed by atoms with Gasteiger partial charge in [-0.05, 0) is 24.0 Å². The van der Waals surface area contributed by atoms with E-state index >= 15 is 0 Å². The maximum Gasteiger partial charge on any atom is 0.137 e. The molecule has 0 aromatic heterocycles. The second-order valence-electron chi connectivity index (χ2n) is 11.6. The highest BCUT2D eigenvalue weighted by Crippen LogP contribution is 2.40. The maximum atomic E-state index is 6.75. The summed E-state index contributed by atoms with van der Waals surface area (Å²) in [6.07, 6.45) is 23.0. The molecule has 0 aliphatic heterocycles. The maximum absolute atomic E-state index is 6.75. The van der Waals surface area contributed by atoms with Crippen LogP contribution in [0.4, 0.5) is 0 Å². The van der Waals surface area contributed by atoms with E-state index in [4.69, 9.17) is 9.78 Å². The highest BCUT2D eigenvalue weighted by Gasteiger charge is 2.40. The van der Waals surface area contributed by atoms with Crippen LogP contribution in [0.3, 0.4) is 0 Å². The zero-order valence-electron chi connectivity index (χ0n) is 25.5. The van der Waals surface area contributed by atoms with E-state index in [2.05, 4.69) is 120 Å². The largest absolute Gasteiger partial charge is 0.223 e. The fourth-order valence-corrected chi connectivity index (χ4v) is 7.43. The van der Waals surface area contributed by atoms with E-state index < -0.39 is 11.2 Å². The van der Waals surface area contributed by atoms with Crippen LogP contribution in [-0.4, -0.2) is 8.86 Å². The van der Waals surface area contributed by atoms with Gasteiger partial charge in [0.1, 0.15) is 11.2 Å². The summed E-state index contributed by atoms with van der Waals surface area (Å²) in [5.74, 6) is 0. The molecule has 0 saturated carbocycles. The number of hydrogen-bond donors (Lipinski definition) is 0. The molecule has 0 aliphatic carbocycles. The molecular formula is C36H56I2O2. The Balaban J connectivity index is 2.09. The topological polar surface area (TPSA) is 18.5 Å². The first-order valence-electron chi connectivity index (χ1n) is 16.3. The van der Waals surface area contributed by atoms with E-state index in [0.29, 0.717) is 0 Å². The molecule has 2 atom stereocenters. The molecule has 2 aromatic rings.